The Morgan fingerprint density at radius 3 is 2.72 bits per heavy atom. The van der Waals surface area contributed by atoms with Crippen LogP contribution in [0.2, 0.25) is 0 Å². The number of thiazole rings is 1. The van der Waals surface area contributed by atoms with Gasteiger partial charge in [0.2, 0.25) is 0 Å². The molecule has 12 heteroatoms. The van der Waals surface area contributed by atoms with Crippen LogP contribution in [0.4, 0.5) is 0 Å². The predicted molar refractivity (Wildman–Crippen MR) is 112 cm³/mol. The average molecular weight is 476 g/mol. The van der Waals surface area contributed by atoms with Crippen molar-refractivity contribution < 1.29 is 32.6 Å². The van der Waals surface area contributed by atoms with Crippen molar-refractivity contribution in [3.05, 3.63) is 60.2 Å². The predicted octanol–water partition coefficient (Wildman–Crippen LogP) is 2.57. The Labute approximate surface area is 186 Å². The highest BCUT2D eigenvalue weighted by atomic mass is 32.2. The van der Waals surface area contributed by atoms with E-state index in [9.17, 15) is 18.4 Å². The van der Waals surface area contributed by atoms with Crippen LogP contribution in [0.15, 0.2) is 65.1 Å². The molecule has 2 aromatic carbocycles. The number of amides is 1. The van der Waals surface area contributed by atoms with Crippen molar-refractivity contribution in [2.75, 3.05) is 6.79 Å². The fraction of sp³-hybridized carbons (Fsp3) is 0.200. The highest BCUT2D eigenvalue weighted by Gasteiger charge is 2.38. The lowest BCUT2D eigenvalue weighted by Crippen LogP contribution is -2.44. The number of nitrogens with one attached hydrogen (secondary N) is 1. The maximum atomic E-state index is 12.6. The van der Waals surface area contributed by atoms with E-state index in [-0.39, 0.29) is 41.1 Å². The normalized spacial score (nSPS) is 20.2. The summed E-state index contributed by atoms with van der Waals surface area (Å²) in [6.07, 6.45) is 1.06. The molecule has 5 rings (SSSR count). The fourth-order valence-electron chi connectivity index (χ4n) is 3.41. The van der Waals surface area contributed by atoms with E-state index in [2.05, 4.69) is 4.98 Å². The van der Waals surface area contributed by atoms with E-state index >= 15 is 0 Å². The third-order valence-electron chi connectivity index (χ3n) is 4.98. The van der Waals surface area contributed by atoms with E-state index in [1.54, 1.807) is 0 Å². The van der Waals surface area contributed by atoms with E-state index in [1.807, 2.05) is 29.1 Å². The largest absolute Gasteiger partial charge is 0.431 e. The molecule has 0 spiro atoms. The number of fused-ring (bicyclic) bond motifs is 2. The first-order valence-corrected chi connectivity index (χ1v) is 11.8. The van der Waals surface area contributed by atoms with Crippen LogP contribution in [0.3, 0.4) is 0 Å². The smallest absolute Gasteiger partial charge is 0.289 e. The van der Waals surface area contributed by atoms with Crippen molar-refractivity contribution >= 4 is 37.5 Å². The van der Waals surface area contributed by atoms with Gasteiger partial charge in [-0.1, -0.05) is 28.3 Å². The van der Waals surface area contributed by atoms with Gasteiger partial charge in [-0.2, -0.15) is 0 Å². The second-order valence-electron chi connectivity index (χ2n) is 7.08. The van der Waals surface area contributed by atoms with Crippen molar-refractivity contribution in [2.45, 2.75) is 23.5 Å². The molecule has 32 heavy (non-hydrogen) atoms. The van der Waals surface area contributed by atoms with E-state index in [0.717, 1.165) is 10.2 Å². The summed E-state index contributed by atoms with van der Waals surface area (Å²) < 4.78 is 42.4. The maximum Gasteiger partial charge on any atom is 0.289 e. The number of ether oxygens (including phenoxy) is 3. The van der Waals surface area contributed by atoms with E-state index in [4.69, 9.17) is 14.2 Å². The van der Waals surface area contributed by atoms with Crippen LogP contribution in [0.1, 0.15) is 6.42 Å². The van der Waals surface area contributed by atoms with Gasteiger partial charge in [-0.25, -0.2) is 13.4 Å². The lowest BCUT2D eigenvalue weighted by Gasteiger charge is -2.17. The van der Waals surface area contributed by atoms with Gasteiger partial charge in [0, 0.05) is 12.0 Å². The zero-order chi connectivity index (χ0) is 22.3. The molecule has 2 aliphatic rings. The van der Waals surface area contributed by atoms with Crippen LogP contribution in [0, 0.1) is 0 Å². The van der Waals surface area contributed by atoms with Crippen LogP contribution in [-0.2, 0) is 24.3 Å². The molecule has 1 fully saturated rings. The Bertz CT molecular complexity index is 1270. The quantitative estimate of drug-likeness (QED) is 0.411. The number of rotatable bonds is 6. The summed E-state index contributed by atoms with van der Waals surface area (Å²) in [7, 11) is -4.22. The molecule has 1 aliphatic heterocycles. The Morgan fingerprint density at radius 1 is 1.19 bits per heavy atom. The Morgan fingerprint density at radius 2 is 1.97 bits per heavy atom. The van der Waals surface area contributed by atoms with Gasteiger partial charge < -0.3 is 14.2 Å². The van der Waals surface area contributed by atoms with Gasteiger partial charge in [-0.05, 0) is 42.5 Å². The standard InChI is InChI=1S/C20H17N3O7S2/c24-19(12-9-16-17(10-12)29-11-28-16)23(25)22-32(26,27)14-7-5-13(6-8-14)30-20-21-15-3-1-2-4-18(15)31-20/h1-9,16-17,22,25H,10-11H2. The van der Waals surface area contributed by atoms with Gasteiger partial charge in [0.05, 0.1) is 21.2 Å². The average Bonchev–Trinajstić information content (AvgIpc) is 3.47. The van der Waals surface area contributed by atoms with E-state index in [0.29, 0.717) is 10.9 Å². The third kappa shape index (κ3) is 4.11. The van der Waals surface area contributed by atoms with Crippen molar-refractivity contribution in [1.29, 1.82) is 0 Å². The summed E-state index contributed by atoms with van der Waals surface area (Å²) >= 11 is 1.37. The van der Waals surface area contributed by atoms with Crippen LogP contribution >= 0.6 is 11.3 Å². The van der Waals surface area contributed by atoms with Crippen molar-refractivity contribution in [3.8, 4) is 10.9 Å². The number of para-hydroxylation sites is 1. The minimum atomic E-state index is -4.22. The van der Waals surface area contributed by atoms with Crippen LogP contribution in [0.5, 0.6) is 10.9 Å². The number of benzene rings is 2. The summed E-state index contributed by atoms with van der Waals surface area (Å²) in [5.41, 5.74) is 1.01. The first-order valence-electron chi connectivity index (χ1n) is 9.52. The minimum absolute atomic E-state index is 0.0479. The first-order chi connectivity index (χ1) is 15.4. The molecule has 2 unspecified atom stereocenters. The molecule has 3 aromatic rings. The highest BCUT2D eigenvalue weighted by Crippen LogP contribution is 2.32. The zero-order valence-electron chi connectivity index (χ0n) is 16.4. The van der Waals surface area contributed by atoms with Gasteiger partial charge in [-0.3, -0.25) is 10.0 Å². The van der Waals surface area contributed by atoms with Gasteiger partial charge in [0.1, 0.15) is 18.6 Å². The number of carbonyl (C=O) groups excluding carboxylic acids is 1. The topological polar surface area (TPSA) is 127 Å². The van der Waals surface area contributed by atoms with Crippen molar-refractivity contribution in [3.63, 3.8) is 0 Å². The second-order valence-corrected chi connectivity index (χ2v) is 9.74. The Kier molecular flexibility index (Phi) is 5.41. The number of aromatic nitrogens is 1. The number of hydrogen-bond donors (Lipinski definition) is 2. The SMILES string of the molecule is O=C(C1=CC2OCOC2C1)N(O)NS(=O)(=O)c1ccc(Oc2nc3ccccc3s2)cc1. The second kappa shape index (κ2) is 8.24. The van der Waals surface area contributed by atoms with Crippen molar-refractivity contribution in [1.82, 2.24) is 15.0 Å². The van der Waals surface area contributed by atoms with E-state index in [1.165, 1.54) is 41.7 Å². The number of hydroxylamine groups is 1. The summed E-state index contributed by atoms with van der Waals surface area (Å²) in [5.74, 6) is -0.506. The lowest BCUT2D eigenvalue weighted by molar-refractivity contribution is -0.167. The molecule has 1 saturated heterocycles. The lowest BCUT2D eigenvalue weighted by atomic mass is 10.2. The monoisotopic (exact) mass is 475 g/mol. The number of carbonyl (C=O) groups is 1. The summed E-state index contributed by atoms with van der Waals surface area (Å²) in [6.45, 7) is 0.140. The number of sulfonamides is 1. The molecular weight excluding hydrogens is 458 g/mol. The van der Waals surface area contributed by atoms with Crippen molar-refractivity contribution in [2.24, 2.45) is 0 Å². The summed E-state index contributed by atoms with van der Waals surface area (Å²) in [5, 5.41) is 10.4. The molecule has 0 radical (unpaired) electrons. The third-order valence-corrected chi connectivity index (χ3v) is 7.20. The molecule has 2 heterocycles. The Hall–Kier alpha value is -2.87. The molecule has 1 amide bonds. The van der Waals surface area contributed by atoms with Gasteiger partial charge in [0.25, 0.3) is 21.1 Å². The first kappa shape index (κ1) is 21.0. The molecule has 0 saturated carbocycles. The minimum Gasteiger partial charge on any atom is -0.431 e. The molecule has 166 valence electrons. The Balaban J connectivity index is 1.25. The molecule has 1 aromatic heterocycles. The molecule has 1 aliphatic carbocycles. The van der Waals surface area contributed by atoms with Crippen LogP contribution in [0.25, 0.3) is 10.2 Å². The highest BCUT2D eigenvalue weighted by molar-refractivity contribution is 7.89. The van der Waals surface area contributed by atoms with Gasteiger partial charge >= 0.3 is 0 Å². The molecular formula is C20H17N3O7S2. The number of hydrogen-bond acceptors (Lipinski definition) is 9. The molecule has 2 atom stereocenters. The summed E-state index contributed by atoms with van der Waals surface area (Å²) in [6, 6.07) is 13.1. The van der Waals surface area contributed by atoms with E-state index < -0.39 is 15.9 Å². The van der Waals surface area contributed by atoms with Gasteiger partial charge in [0.15, 0.2) is 0 Å². The van der Waals surface area contributed by atoms with Crippen LogP contribution in [-0.4, -0.2) is 48.7 Å². The zero-order valence-corrected chi connectivity index (χ0v) is 18.0. The molecule has 10 nitrogen and oxygen atoms in total. The van der Waals surface area contributed by atoms with Gasteiger partial charge in [-0.15, -0.1) is 5.17 Å². The maximum absolute atomic E-state index is 12.6. The van der Waals surface area contributed by atoms with Crippen LogP contribution < -0.4 is 9.57 Å². The molecule has 2 N–H and O–H groups in total. The number of nitrogens with zero attached hydrogens (tertiary/aromatic N) is 2. The number of hydrazine groups is 1. The summed E-state index contributed by atoms with van der Waals surface area (Å²) in [4.78, 5) is 18.4. The molecule has 0 bridgehead atoms. The fourth-order valence-corrected chi connectivity index (χ4v) is 5.15.